The van der Waals surface area contributed by atoms with Crippen molar-refractivity contribution in [2.75, 3.05) is 25.0 Å². The Hall–Kier alpha value is -2.76. The van der Waals surface area contributed by atoms with Gasteiger partial charge in [-0.1, -0.05) is 32.5 Å². The SMILES string of the molecule is CCN1CC(c2ncc(Nc3ccc(C#C[Si](C)(C)C)cc3F)c(C(N)=O)c2F)C1. The molecule has 1 fully saturated rings. The van der Waals surface area contributed by atoms with Gasteiger partial charge in [0.2, 0.25) is 0 Å². The normalized spacial score (nSPS) is 14.6. The lowest BCUT2D eigenvalue weighted by Crippen LogP contribution is -2.45. The Labute approximate surface area is 176 Å². The van der Waals surface area contributed by atoms with E-state index < -0.39 is 25.6 Å². The van der Waals surface area contributed by atoms with Crippen molar-refractivity contribution in [3.63, 3.8) is 0 Å². The van der Waals surface area contributed by atoms with E-state index in [1.54, 1.807) is 6.07 Å². The lowest BCUT2D eigenvalue weighted by atomic mass is 9.94. The number of hydrogen-bond donors (Lipinski definition) is 2. The summed E-state index contributed by atoms with van der Waals surface area (Å²) >= 11 is 0. The number of nitrogens with two attached hydrogens (primary N) is 1. The zero-order chi connectivity index (χ0) is 22.1. The second-order valence-electron chi connectivity index (χ2n) is 8.48. The Morgan fingerprint density at radius 1 is 1.30 bits per heavy atom. The number of amides is 1. The zero-order valence-corrected chi connectivity index (χ0v) is 18.6. The van der Waals surface area contributed by atoms with Crippen LogP contribution < -0.4 is 11.1 Å². The Balaban J connectivity index is 1.88. The number of likely N-dealkylation sites (N-methyl/N-ethyl adjacent to an activating group) is 1. The molecule has 1 aliphatic heterocycles. The van der Waals surface area contributed by atoms with Gasteiger partial charge in [0.05, 0.1) is 23.3 Å². The number of hydrogen-bond acceptors (Lipinski definition) is 4. The number of halogens is 2. The number of benzene rings is 1. The monoisotopic (exact) mass is 428 g/mol. The van der Waals surface area contributed by atoms with Crippen molar-refractivity contribution >= 4 is 25.4 Å². The molecule has 2 heterocycles. The first-order valence-electron chi connectivity index (χ1n) is 9.89. The van der Waals surface area contributed by atoms with Crippen molar-refractivity contribution in [1.29, 1.82) is 0 Å². The average Bonchev–Trinajstić information content (AvgIpc) is 2.62. The minimum Gasteiger partial charge on any atom is -0.365 e. The fourth-order valence-electron chi connectivity index (χ4n) is 3.22. The zero-order valence-electron chi connectivity index (χ0n) is 17.6. The quantitative estimate of drug-likeness (QED) is 0.561. The first-order valence-corrected chi connectivity index (χ1v) is 13.4. The van der Waals surface area contributed by atoms with Gasteiger partial charge in [-0.15, -0.1) is 5.54 Å². The molecule has 0 spiro atoms. The molecule has 0 unspecified atom stereocenters. The van der Waals surface area contributed by atoms with Crippen LogP contribution in [0.1, 0.15) is 34.5 Å². The molecular weight excluding hydrogens is 402 g/mol. The first-order chi connectivity index (χ1) is 14.1. The van der Waals surface area contributed by atoms with Crippen molar-refractivity contribution in [3.8, 4) is 11.5 Å². The molecule has 1 amide bonds. The number of carbonyl (C=O) groups excluding carboxylic acids is 1. The molecule has 0 bridgehead atoms. The molecule has 0 radical (unpaired) electrons. The summed E-state index contributed by atoms with van der Waals surface area (Å²) in [4.78, 5) is 18.3. The van der Waals surface area contributed by atoms with Crippen LogP contribution in [0.3, 0.4) is 0 Å². The second-order valence-corrected chi connectivity index (χ2v) is 13.2. The molecule has 8 heteroatoms. The van der Waals surface area contributed by atoms with E-state index in [1.807, 2.05) is 6.92 Å². The lowest BCUT2D eigenvalue weighted by molar-refractivity contribution is 0.0995. The summed E-state index contributed by atoms with van der Waals surface area (Å²) in [6.45, 7) is 10.6. The topological polar surface area (TPSA) is 71.2 Å². The molecule has 158 valence electrons. The van der Waals surface area contributed by atoms with Crippen LogP contribution in [0.15, 0.2) is 24.4 Å². The highest BCUT2D eigenvalue weighted by Crippen LogP contribution is 2.32. The van der Waals surface area contributed by atoms with Gasteiger partial charge in [-0.3, -0.25) is 9.78 Å². The maximum Gasteiger partial charge on any atom is 0.253 e. The summed E-state index contributed by atoms with van der Waals surface area (Å²) in [6, 6.07) is 4.49. The summed E-state index contributed by atoms with van der Waals surface area (Å²) < 4.78 is 29.6. The number of primary amides is 1. The van der Waals surface area contributed by atoms with Crippen LogP contribution in [0.2, 0.25) is 19.6 Å². The van der Waals surface area contributed by atoms with Crippen LogP contribution in [-0.2, 0) is 0 Å². The molecule has 0 saturated carbocycles. The summed E-state index contributed by atoms with van der Waals surface area (Å²) in [5.74, 6) is 0.673. The number of pyridine rings is 1. The minimum atomic E-state index is -1.58. The number of carbonyl (C=O) groups is 1. The third-order valence-electron chi connectivity index (χ3n) is 4.90. The van der Waals surface area contributed by atoms with E-state index in [1.165, 1.54) is 18.3 Å². The van der Waals surface area contributed by atoms with Gasteiger partial charge < -0.3 is 16.0 Å². The van der Waals surface area contributed by atoms with Crippen LogP contribution >= 0.6 is 0 Å². The third-order valence-corrected chi connectivity index (χ3v) is 5.78. The third kappa shape index (κ3) is 4.86. The van der Waals surface area contributed by atoms with Crippen LogP contribution in [0, 0.1) is 23.1 Å². The predicted octanol–water partition coefficient (Wildman–Crippen LogP) is 3.85. The maximum absolute atomic E-state index is 15.0. The fraction of sp³-hybridized carbons (Fsp3) is 0.364. The van der Waals surface area contributed by atoms with Crippen molar-refractivity contribution in [1.82, 2.24) is 9.88 Å². The Morgan fingerprint density at radius 2 is 2.00 bits per heavy atom. The van der Waals surface area contributed by atoms with Gasteiger partial charge in [-0.2, -0.15) is 0 Å². The van der Waals surface area contributed by atoms with E-state index in [9.17, 15) is 9.18 Å². The molecule has 1 saturated heterocycles. The van der Waals surface area contributed by atoms with Crippen LogP contribution in [-0.4, -0.2) is 43.5 Å². The van der Waals surface area contributed by atoms with Crippen LogP contribution in [0.4, 0.5) is 20.2 Å². The number of likely N-dealkylation sites (tertiary alicyclic amines) is 1. The fourth-order valence-corrected chi connectivity index (χ4v) is 3.74. The Kier molecular flexibility index (Phi) is 6.24. The van der Waals surface area contributed by atoms with E-state index in [-0.39, 0.29) is 28.6 Å². The van der Waals surface area contributed by atoms with Gasteiger partial charge in [0.15, 0.2) is 5.82 Å². The minimum absolute atomic E-state index is 0.0373. The molecule has 0 atom stereocenters. The van der Waals surface area contributed by atoms with E-state index >= 15 is 4.39 Å². The standard InChI is InChI=1S/C22H26F2N4OSi/c1-5-28-12-15(13-28)21-20(24)19(22(25)29)18(11-26-21)27-17-7-6-14(10-16(17)23)8-9-30(2,3)4/h6-7,10-11,15,27H,5,12-13H2,1-4H3,(H2,25,29). The smallest absolute Gasteiger partial charge is 0.253 e. The number of nitrogens with zero attached hydrogens (tertiary/aromatic N) is 2. The van der Waals surface area contributed by atoms with Crippen LogP contribution in [0.5, 0.6) is 0 Å². The molecule has 2 aromatic rings. The largest absolute Gasteiger partial charge is 0.365 e. The van der Waals surface area contributed by atoms with Gasteiger partial charge in [0.25, 0.3) is 5.91 Å². The first kappa shape index (κ1) is 21.9. The highest BCUT2D eigenvalue weighted by molar-refractivity contribution is 6.83. The summed E-state index contributed by atoms with van der Waals surface area (Å²) in [5.41, 5.74) is 9.20. The number of aromatic nitrogens is 1. The molecule has 3 N–H and O–H groups in total. The van der Waals surface area contributed by atoms with Gasteiger partial charge in [0, 0.05) is 24.6 Å². The van der Waals surface area contributed by atoms with Crippen molar-refractivity contribution in [2.24, 2.45) is 5.73 Å². The highest BCUT2D eigenvalue weighted by atomic mass is 28.3. The summed E-state index contributed by atoms with van der Waals surface area (Å²) in [7, 11) is -1.58. The maximum atomic E-state index is 15.0. The molecule has 0 aliphatic carbocycles. The molecular formula is C22H26F2N4OSi. The Bertz CT molecular complexity index is 1030. The Morgan fingerprint density at radius 3 is 2.57 bits per heavy atom. The number of rotatable bonds is 5. The molecule has 1 aromatic heterocycles. The van der Waals surface area contributed by atoms with Crippen molar-refractivity contribution < 1.29 is 13.6 Å². The van der Waals surface area contributed by atoms with Gasteiger partial charge in [-0.25, -0.2) is 8.78 Å². The average molecular weight is 429 g/mol. The predicted molar refractivity (Wildman–Crippen MR) is 117 cm³/mol. The van der Waals surface area contributed by atoms with E-state index in [0.717, 1.165) is 6.54 Å². The van der Waals surface area contributed by atoms with Gasteiger partial charge in [0.1, 0.15) is 19.5 Å². The van der Waals surface area contributed by atoms with Crippen molar-refractivity contribution in [2.45, 2.75) is 32.5 Å². The van der Waals surface area contributed by atoms with Gasteiger partial charge >= 0.3 is 0 Å². The van der Waals surface area contributed by atoms with E-state index in [2.05, 4.69) is 46.3 Å². The summed E-state index contributed by atoms with van der Waals surface area (Å²) in [6.07, 6.45) is 1.34. The van der Waals surface area contributed by atoms with Crippen LogP contribution in [0.25, 0.3) is 0 Å². The number of nitrogens with one attached hydrogen (secondary N) is 1. The van der Waals surface area contributed by atoms with Gasteiger partial charge in [-0.05, 0) is 24.7 Å². The van der Waals surface area contributed by atoms with Crippen molar-refractivity contribution in [3.05, 3.63) is 52.9 Å². The second kappa shape index (κ2) is 8.54. The highest BCUT2D eigenvalue weighted by Gasteiger charge is 2.32. The molecule has 1 aliphatic rings. The van der Waals surface area contributed by atoms with E-state index in [0.29, 0.717) is 18.7 Å². The summed E-state index contributed by atoms with van der Waals surface area (Å²) in [5, 5.41) is 2.76. The molecule has 3 rings (SSSR count). The molecule has 5 nitrogen and oxygen atoms in total. The van der Waals surface area contributed by atoms with E-state index in [4.69, 9.17) is 5.73 Å². The number of anilines is 2. The molecule has 1 aromatic carbocycles. The lowest BCUT2D eigenvalue weighted by Gasteiger charge is -2.38. The molecule has 30 heavy (non-hydrogen) atoms.